The van der Waals surface area contributed by atoms with Crippen LogP contribution in [0.15, 0.2) is 23.2 Å². The Morgan fingerprint density at radius 1 is 1.53 bits per heavy atom. The van der Waals surface area contributed by atoms with Gasteiger partial charge in [-0.25, -0.2) is 4.99 Å². The number of fused-ring (bicyclic) bond motifs is 1. The molecule has 4 N–H and O–H groups in total. The van der Waals surface area contributed by atoms with E-state index in [1.807, 2.05) is 23.7 Å². The van der Waals surface area contributed by atoms with Crippen molar-refractivity contribution in [1.29, 1.82) is 0 Å². The topological polar surface area (TPSA) is 79.9 Å². The minimum absolute atomic E-state index is 0. The summed E-state index contributed by atoms with van der Waals surface area (Å²) in [5, 5.41) is 8.66. The highest BCUT2D eigenvalue weighted by atomic mass is 35.5. The molecule has 82 valence electrons. The van der Waals surface area contributed by atoms with Crippen molar-refractivity contribution in [1.82, 2.24) is 5.48 Å². The number of nitrogens with one attached hydrogen (secondary N) is 1. The maximum absolute atomic E-state index is 8.66. The molecule has 0 atom stereocenters. The normalized spacial score (nSPS) is 13.1. The van der Waals surface area contributed by atoms with Gasteiger partial charge in [0.2, 0.25) is 0 Å². The molecule has 15 heavy (non-hydrogen) atoms. The predicted molar refractivity (Wildman–Crippen MR) is 59.1 cm³/mol. The van der Waals surface area contributed by atoms with Crippen molar-refractivity contribution in [3.05, 3.63) is 23.8 Å². The van der Waals surface area contributed by atoms with Crippen LogP contribution in [0.1, 0.15) is 5.56 Å². The fourth-order valence-electron chi connectivity index (χ4n) is 1.28. The van der Waals surface area contributed by atoms with E-state index in [0.29, 0.717) is 23.8 Å². The summed E-state index contributed by atoms with van der Waals surface area (Å²) in [6, 6.07) is 5.56. The molecule has 0 saturated carbocycles. The van der Waals surface area contributed by atoms with Crippen LogP contribution in [-0.4, -0.2) is 17.6 Å². The minimum atomic E-state index is 0. The summed E-state index contributed by atoms with van der Waals surface area (Å²) in [4.78, 5) is 4.15. The Kier molecular flexibility index (Phi) is 3.90. The van der Waals surface area contributed by atoms with Crippen molar-refractivity contribution in [2.24, 2.45) is 10.7 Å². The summed E-state index contributed by atoms with van der Waals surface area (Å²) in [6.45, 7) is 0.718. The summed E-state index contributed by atoms with van der Waals surface area (Å²) >= 11 is 0. The second-order valence-corrected chi connectivity index (χ2v) is 2.97. The lowest BCUT2D eigenvalue weighted by Crippen LogP contribution is -2.27. The summed E-state index contributed by atoms with van der Waals surface area (Å²) in [5.74, 6) is 1.10. The van der Waals surface area contributed by atoms with Crippen LogP contribution in [0.2, 0.25) is 0 Å². The van der Waals surface area contributed by atoms with Gasteiger partial charge in [0.05, 0.1) is 0 Å². The number of halogens is 1. The van der Waals surface area contributed by atoms with Gasteiger partial charge in [0, 0.05) is 6.54 Å². The van der Waals surface area contributed by atoms with E-state index in [9.17, 15) is 0 Å². The average molecular weight is 230 g/mol. The molecular weight excluding hydrogens is 218 g/mol. The summed E-state index contributed by atoms with van der Waals surface area (Å²) < 4.78 is 5.33. The van der Waals surface area contributed by atoms with Crippen molar-refractivity contribution in [2.45, 2.75) is 6.54 Å². The van der Waals surface area contributed by atoms with Crippen LogP contribution in [0.4, 0.5) is 5.69 Å². The zero-order chi connectivity index (χ0) is 9.97. The Morgan fingerprint density at radius 3 is 3.00 bits per heavy atom. The van der Waals surface area contributed by atoms with Crippen LogP contribution in [0.3, 0.4) is 0 Å². The lowest BCUT2D eigenvalue weighted by Gasteiger charge is -2.16. The zero-order valence-electron chi connectivity index (χ0n) is 7.93. The second kappa shape index (κ2) is 4.97. The van der Waals surface area contributed by atoms with Crippen molar-refractivity contribution in [3.63, 3.8) is 0 Å². The molecule has 1 aromatic rings. The van der Waals surface area contributed by atoms with E-state index in [4.69, 9.17) is 15.7 Å². The van der Waals surface area contributed by atoms with Gasteiger partial charge < -0.3 is 10.5 Å². The quantitative estimate of drug-likeness (QED) is 0.627. The van der Waals surface area contributed by atoms with E-state index in [-0.39, 0.29) is 19.0 Å². The molecule has 0 radical (unpaired) electrons. The molecule has 6 heteroatoms. The van der Waals surface area contributed by atoms with E-state index in [0.717, 1.165) is 5.56 Å². The fourth-order valence-corrected chi connectivity index (χ4v) is 1.28. The third-order valence-electron chi connectivity index (χ3n) is 2.01. The number of benzene rings is 1. The van der Waals surface area contributed by atoms with E-state index in [2.05, 4.69) is 4.99 Å². The first-order valence-electron chi connectivity index (χ1n) is 4.27. The number of nitrogens with zero attached hydrogens (tertiary/aromatic N) is 1. The number of amidine groups is 1. The van der Waals surface area contributed by atoms with Gasteiger partial charge in [-0.3, -0.25) is 10.7 Å². The van der Waals surface area contributed by atoms with E-state index in [1.54, 1.807) is 0 Å². The van der Waals surface area contributed by atoms with E-state index < -0.39 is 0 Å². The highest BCUT2D eigenvalue weighted by molar-refractivity contribution is 5.87. The highest BCUT2D eigenvalue weighted by Gasteiger charge is 2.12. The standard InChI is InChI=1S/C9H11N3O2.ClH/c10-4-6-1-2-8-7(3-6)11-9(12-13)5-14-8;/h1-3,13H,4-5,10H2,(H,11,12);1H. The van der Waals surface area contributed by atoms with Crippen molar-refractivity contribution in [3.8, 4) is 5.75 Å². The van der Waals surface area contributed by atoms with Crippen LogP contribution >= 0.6 is 12.4 Å². The molecule has 1 aromatic carbocycles. The van der Waals surface area contributed by atoms with Crippen molar-refractivity contribution in [2.75, 3.05) is 6.61 Å². The van der Waals surface area contributed by atoms with Gasteiger partial charge in [-0.05, 0) is 17.7 Å². The summed E-state index contributed by atoms with van der Waals surface area (Å²) in [6.07, 6.45) is 0. The lowest BCUT2D eigenvalue weighted by molar-refractivity contribution is 0.222. The molecule has 1 aliphatic heterocycles. The number of nitrogens with two attached hydrogens (primary N) is 1. The Morgan fingerprint density at radius 2 is 2.33 bits per heavy atom. The van der Waals surface area contributed by atoms with Crippen LogP contribution in [0, 0.1) is 0 Å². The largest absolute Gasteiger partial charge is 0.483 e. The fraction of sp³-hybridized carbons (Fsp3) is 0.222. The first-order valence-corrected chi connectivity index (χ1v) is 4.27. The smallest absolute Gasteiger partial charge is 0.164 e. The van der Waals surface area contributed by atoms with Crippen LogP contribution in [0.25, 0.3) is 0 Å². The third-order valence-corrected chi connectivity index (χ3v) is 2.01. The van der Waals surface area contributed by atoms with Crippen molar-refractivity contribution < 1.29 is 9.94 Å². The lowest BCUT2D eigenvalue weighted by atomic mass is 10.2. The molecule has 0 spiro atoms. The number of hydrogen-bond acceptors (Lipinski definition) is 5. The number of ether oxygens (including phenoxy) is 1. The molecule has 0 unspecified atom stereocenters. The molecule has 0 fully saturated rings. The maximum Gasteiger partial charge on any atom is 0.164 e. The first kappa shape index (κ1) is 11.8. The van der Waals surface area contributed by atoms with Crippen LogP contribution in [0.5, 0.6) is 5.75 Å². The molecule has 2 rings (SSSR count). The minimum Gasteiger partial charge on any atom is -0.483 e. The third kappa shape index (κ3) is 2.38. The van der Waals surface area contributed by atoms with Crippen LogP contribution in [-0.2, 0) is 6.54 Å². The number of rotatable bonds is 1. The maximum atomic E-state index is 8.66. The van der Waals surface area contributed by atoms with Gasteiger partial charge in [0.15, 0.2) is 5.84 Å². The Balaban J connectivity index is 0.00000112. The van der Waals surface area contributed by atoms with E-state index in [1.165, 1.54) is 0 Å². The Hall–Kier alpha value is -1.30. The molecule has 1 aliphatic rings. The Labute approximate surface area is 93.3 Å². The molecular formula is C9H12ClN3O2. The van der Waals surface area contributed by atoms with Gasteiger partial charge in [0.1, 0.15) is 18.0 Å². The monoisotopic (exact) mass is 229 g/mol. The van der Waals surface area contributed by atoms with Crippen molar-refractivity contribution >= 4 is 23.9 Å². The molecule has 1 heterocycles. The summed E-state index contributed by atoms with van der Waals surface area (Å²) in [7, 11) is 0. The number of hydroxylamine groups is 1. The number of hydrogen-bond donors (Lipinski definition) is 3. The van der Waals surface area contributed by atoms with E-state index >= 15 is 0 Å². The van der Waals surface area contributed by atoms with Crippen LogP contribution < -0.4 is 16.0 Å². The second-order valence-electron chi connectivity index (χ2n) is 2.97. The molecule has 5 nitrogen and oxygen atoms in total. The van der Waals surface area contributed by atoms with Gasteiger partial charge in [-0.1, -0.05) is 6.07 Å². The predicted octanol–water partition coefficient (Wildman–Crippen LogP) is 0.968. The summed E-state index contributed by atoms with van der Waals surface area (Å²) in [5.41, 5.74) is 9.14. The van der Waals surface area contributed by atoms with Gasteiger partial charge in [0.25, 0.3) is 0 Å². The average Bonchev–Trinajstić information content (AvgIpc) is 2.27. The number of aliphatic imine (C=N–C) groups is 1. The van der Waals surface area contributed by atoms with Gasteiger partial charge in [-0.2, -0.15) is 0 Å². The molecule has 0 bridgehead atoms. The highest BCUT2D eigenvalue weighted by Crippen LogP contribution is 2.30. The molecule has 0 aliphatic carbocycles. The zero-order valence-corrected chi connectivity index (χ0v) is 8.75. The molecule has 0 amide bonds. The Bertz CT molecular complexity index is 382. The first-order chi connectivity index (χ1) is 6.83. The molecule has 0 saturated heterocycles. The molecule has 0 aromatic heterocycles. The SMILES string of the molecule is Cl.NCc1ccc2c(c1)N=C(NO)CO2. The van der Waals surface area contributed by atoms with Gasteiger partial charge >= 0.3 is 0 Å². The van der Waals surface area contributed by atoms with Gasteiger partial charge in [-0.15, -0.1) is 12.4 Å².